The zero-order valence-corrected chi connectivity index (χ0v) is 12.7. The van der Waals surface area contributed by atoms with Crippen molar-refractivity contribution in [2.75, 3.05) is 5.32 Å². The number of H-pyrrole nitrogens is 1. The third-order valence-corrected chi connectivity index (χ3v) is 3.38. The molecule has 0 aliphatic heterocycles. The Balaban J connectivity index is 1.84. The van der Waals surface area contributed by atoms with E-state index in [0.717, 1.165) is 5.69 Å². The predicted octanol–water partition coefficient (Wildman–Crippen LogP) is 2.07. The van der Waals surface area contributed by atoms with Gasteiger partial charge in [0, 0.05) is 0 Å². The minimum Gasteiger partial charge on any atom is -0.504 e. The van der Waals surface area contributed by atoms with E-state index in [-0.39, 0.29) is 17.4 Å². The van der Waals surface area contributed by atoms with Gasteiger partial charge in [0.1, 0.15) is 6.33 Å². The lowest BCUT2D eigenvalue weighted by Gasteiger charge is -2.06. The molecule has 0 spiro atoms. The third kappa shape index (κ3) is 3.05. The molecule has 0 aliphatic carbocycles. The Kier molecular flexibility index (Phi) is 3.80. The maximum absolute atomic E-state index is 12.1. The van der Waals surface area contributed by atoms with Crippen LogP contribution in [-0.2, 0) is 0 Å². The van der Waals surface area contributed by atoms with E-state index in [1.165, 1.54) is 22.8 Å². The van der Waals surface area contributed by atoms with Gasteiger partial charge in [0.15, 0.2) is 11.4 Å². The number of carbonyl (C=O) groups excluding carboxylic acids is 1. The lowest BCUT2D eigenvalue weighted by Crippen LogP contribution is -2.14. The van der Waals surface area contributed by atoms with Crippen molar-refractivity contribution in [3.8, 4) is 11.4 Å². The minimum atomic E-state index is -0.572. The highest BCUT2D eigenvalue weighted by atomic mass is 16.3. The van der Waals surface area contributed by atoms with Gasteiger partial charge in [0.05, 0.1) is 11.9 Å². The molecule has 0 radical (unpaired) electrons. The molecule has 0 saturated carbocycles. The number of anilines is 1. The summed E-state index contributed by atoms with van der Waals surface area (Å²) in [6.45, 7) is 4.22. The summed E-state index contributed by atoms with van der Waals surface area (Å²) in [5.74, 6) is -0.171. The van der Waals surface area contributed by atoms with Crippen molar-refractivity contribution < 1.29 is 9.90 Å². The van der Waals surface area contributed by atoms with Gasteiger partial charge in [0.25, 0.3) is 5.91 Å². The Morgan fingerprint density at radius 3 is 2.65 bits per heavy atom. The zero-order chi connectivity index (χ0) is 16.4. The lowest BCUT2D eigenvalue weighted by molar-refractivity contribution is 0.101. The first-order chi connectivity index (χ1) is 11.0. The Morgan fingerprint density at radius 1 is 1.30 bits per heavy atom. The number of nitrogens with zero attached hydrogens (tertiary/aromatic N) is 4. The number of carbonyl (C=O) groups is 1. The Morgan fingerprint density at radius 2 is 2.04 bits per heavy atom. The smallest absolute Gasteiger partial charge is 0.282 e. The van der Waals surface area contributed by atoms with E-state index in [0.29, 0.717) is 5.92 Å². The van der Waals surface area contributed by atoms with Gasteiger partial charge < -0.3 is 5.11 Å². The zero-order valence-electron chi connectivity index (χ0n) is 12.7. The Labute approximate surface area is 132 Å². The van der Waals surface area contributed by atoms with Crippen LogP contribution < -0.4 is 5.32 Å². The SMILES string of the molecule is CC(C)c1ccc(-n2cc(O)c(C(=O)Nc3ncn[nH]3)n2)cc1. The number of aromatic amines is 1. The molecular weight excluding hydrogens is 296 g/mol. The molecule has 2 aromatic heterocycles. The van der Waals surface area contributed by atoms with E-state index in [9.17, 15) is 9.90 Å². The number of benzene rings is 1. The molecule has 1 aromatic carbocycles. The van der Waals surface area contributed by atoms with Crippen molar-refractivity contribution in [2.24, 2.45) is 0 Å². The summed E-state index contributed by atoms with van der Waals surface area (Å²) in [6, 6.07) is 7.76. The number of nitrogens with one attached hydrogen (secondary N) is 2. The average molecular weight is 312 g/mol. The summed E-state index contributed by atoms with van der Waals surface area (Å²) in [4.78, 5) is 15.9. The number of aromatic hydroxyl groups is 1. The number of amides is 1. The first kappa shape index (κ1) is 14.8. The largest absolute Gasteiger partial charge is 0.504 e. The molecule has 3 rings (SSSR count). The maximum atomic E-state index is 12.1. The molecule has 0 saturated heterocycles. The van der Waals surface area contributed by atoms with E-state index in [4.69, 9.17) is 0 Å². The molecule has 8 heteroatoms. The highest BCUT2D eigenvalue weighted by Gasteiger charge is 2.18. The molecule has 23 heavy (non-hydrogen) atoms. The molecule has 8 nitrogen and oxygen atoms in total. The van der Waals surface area contributed by atoms with Crippen molar-refractivity contribution in [1.82, 2.24) is 25.0 Å². The summed E-state index contributed by atoms with van der Waals surface area (Å²) in [6.07, 6.45) is 2.66. The van der Waals surface area contributed by atoms with Gasteiger partial charge >= 0.3 is 0 Å². The van der Waals surface area contributed by atoms with Crippen LogP contribution in [0.5, 0.6) is 5.75 Å². The van der Waals surface area contributed by atoms with Crippen LogP contribution >= 0.6 is 0 Å². The maximum Gasteiger partial charge on any atom is 0.282 e. The topological polar surface area (TPSA) is 109 Å². The highest BCUT2D eigenvalue weighted by molar-refractivity contribution is 6.03. The van der Waals surface area contributed by atoms with Crippen LogP contribution in [0.15, 0.2) is 36.8 Å². The molecule has 0 fully saturated rings. The van der Waals surface area contributed by atoms with Crippen LogP contribution in [-0.4, -0.2) is 36.0 Å². The molecule has 1 amide bonds. The van der Waals surface area contributed by atoms with Crippen LogP contribution in [0.1, 0.15) is 35.8 Å². The normalized spacial score (nSPS) is 10.9. The first-order valence-corrected chi connectivity index (χ1v) is 7.10. The van der Waals surface area contributed by atoms with Gasteiger partial charge in [-0.2, -0.15) is 15.2 Å². The Bertz CT molecular complexity index is 805. The summed E-state index contributed by atoms with van der Waals surface area (Å²) >= 11 is 0. The van der Waals surface area contributed by atoms with Gasteiger partial charge in [-0.15, -0.1) is 0 Å². The van der Waals surface area contributed by atoms with Crippen LogP contribution in [0.3, 0.4) is 0 Å². The standard InChI is InChI=1S/C15H16N6O2/c1-9(2)10-3-5-11(6-4-10)21-7-12(22)13(20-21)14(23)18-15-16-8-17-19-15/h3-9,22H,1-2H3,(H2,16,17,18,19,23). The minimum absolute atomic E-state index is 0.0886. The number of rotatable bonds is 4. The van der Waals surface area contributed by atoms with E-state index in [1.54, 1.807) is 0 Å². The van der Waals surface area contributed by atoms with E-state index in [1.807, 2.05) is 24.3 Å². The molecule has 3 N–H and O–H groups in total. The van der Waals surface area contributed by atoms with Gasteiger partial charge in [-0.05, 0) is 23.6 Å². The van der Waals surface area contributed by atoms with Crippen LogP contribution in [0.4, 0.5) is 5.95 Å². The predicted molar refractivity (Wildman–Crippen MR) is 83.7 cm³/mol. The highest BCUT2D eigenvalue weighted by Crippen LogP contribution is 2.21. The van der Waals surface area contributed by atoms with Crippen LogP contribution in [0.2, 0.25) is 0 Å². The molecule has 3 aromatic rings. The number of hydrogen-bond acceptors (Lipinski definition) is 5. The quantitative estimate of drug-likeness (QED) is 0.683. The van der Waals surface area contributed by atoms with Gasteiger partial charge in [-0.1, -0.05) is 26.0 Å². The molecule has 0 aliphatic rings. The summed E-state index contributed by atoms with van der Waals surface area (Å²) in [5.41, 5.74) is 1.87. The second-order valence-corrected chi connectivity index (χ2v) is 5.34. The van der Waals surface area contributed by atoms with Gasteiger partial charge in [-0.25, -0.2) is 9.78 Å². The molecule has 0 bridgehead atoms. The third-order valence-electron chi connectivity index (χ3n) is 3.38. The first-order valence-electron chi connectivity index (χ1n) is 7.10. The van der Waals surface area contributed by atoms with Gasteiger partial charge in [-0.3, -0.25) is 10.1 Å². The number of aromatic nitrogens is 5. The van der Waals surface area contributed by atoms with Crippen LogP contribution in [0, 0.1) is 0 Å². The summed E-state index contributed by atoms with van der Waals surface area (Å²) in [5, 5.41) is 22.7. The van der Waals surface area contributed by atoms with E-state index >= 15 is 0 Å². The van der Waals surface area contributed by atoms with Crippen molar-refractivity contribution in [2.45, 2.75) is 19.8 Å². The van der Waals surface area contributed by atoms with Crippen molar-refractivity contribution >= 4 is 11.9 Å². The molecule has 0 unspecified atom stereocenters. The van der Waals surface area contributed by atoms with E-state index in [2.05, 4.69) is 39.4 Å². The second kappa shape index (κ2) is 5.91. The van der Waals surface area contributed by atoms with Crippen molar-refractivity contribution in [3.63, 3.8) is 0 Å². The monoisotopic (exact) mass is 312 g/mol. The second-order valence-electron chi connectivity index (χ2n) is 5.34. The van der Waals surface area contributed by atoms with Crippen molar-refractivity contribution in [1.29, 1.82) is 0 Å². The fourth-order valence-corrected chi connectivity index (χ4v) is 2.10. The number of hydrogen-bond donors (Lipinski definition) is 3. The van der Waals surface area contributed by atoms with E-state index < -0.39 is 5.91 Å². The fraction of sp³-hybridized carbons (Fsp3) is 0.200. The molecule has 0 atom stereocenters. The summed E-state index contributed by atoms with van der Waals surface area (Å²) in [7, 11) is 0. The van der Waals surface area contributed by atoms with Crippen LogP contribution in [0.25, 0.3) is 5.69 Å². The van der Waals surface area contributed by atoms with Gasteiger partial charge in [0.2, 0.25) is 5.95 Å². The average Bonchev–Trinajstić information content (AvgIpc) is 3.17. The summed E-state index contributed by atoms with van der Waals surface area (Å²) < 4.78 is 1.45. The van der Waals surface area contributed by atoms with Crippen molar-refractivity contribution in [3.05, 3.63) is 48.0 Å². The Hall–Kier alpha value is -3.16. The molecular formula is C15H16N6O2. The molecule has 118 valence electrons. The lowest BCUT2D eigenvalue weighted by atomic mass is 10.0. The fourth-order valence-electron chi connectivity index (χ4n) is 2.10. The molecule has 2 heterocycles.